The van der Waals surface area contributed by atoms with Crippen LogP contribution < -0.4 is 20.7 Å². The van der Waals surface area contributed by atoms with Gasteiger partial charge in [-0.1, -0.05) is 6.92 Å². The number of nitrogens with zero attached hydrogens (tertiary/aromatic N) is 1. The van der Waals surface area contributed by atoms with Crippen molar-refractivity contribution in [3.63, 3.8) is 0 Å². The van der Waals surface area contributed by atoms with Gasteiger partial charge in [0.2, 0.25) is 0 Å². The van der Waals surface area contributed by atoms with Gasteiger partial charge in [0.05, 0.1) is 17.2 Å². The molecule has 0 aromatic heterocycles. The van der Waals surface area contributed by atoms with Crippen molar-refractivity contribution in [2.24, 2.45) is 5.92 Å². The summed E-state index contributed by atoms with van der Waals surface area (Å²) in [6.45, 7) is 5.42. The summed E-state index contributed by atoms with van der Waals surface area (Å²) in [7, 11) is 3.28. The van der Waals surface area contributed by atoms with Crippen molar-refractivity contribution in [1.29, 1.82) is 0 Å². The number of halogens is 3. The third kappa shape index (κ3) is 7.11. The molecule has 0 aliphatic carbocycles. The number of methoxy groups -OCH3 is 1. The number of benzene rings is 2. The Kier molecular flexibility index (Phi) is 8.80. The number of likely N-dealkylation sites (N-methyl/N-ethyl adjacent to an activating group) is 1. The lowest BCUT2D eigenvalue weighted by Gasteiger charge is -2.30. The van der Waals surface area contributed by atoms with Gasteiger partial charge < -0.3 is 30.3 Å². The second kappa shape index (κ2) is 11.6. The zero-order valence-electron chi connectivity index (χ0n) is 20.6. The van der Waals surface area contributed by atoms with Gasteiger partial charge in [0.15, 0.2) is 0 Å². The maximum Gasteiger partial charge on any atom is 0.416 e. The van der Waals surface area contributed by atoms with Crippen LogP contribution in [0.3, 0.4) is 0 Å². The lowest BCUT2D eigenvalue weighted by Crippen LogP contribution is -2.44. The minimum atomic E-state index is -4.46. The summed E-state index contributed by atoms with van der Waals surface area (Å²) in [6, 6.07) is 8.14. The number of anilines is 2. The quantitative estimate of drug-likeness (QED) is 0.570. The van der Waals surface area contributed by atoms with E-state index in [1.807, 2.05) is 13.8 Å². The van der Waals surface area contributed by atoms with Gasteiger partial charge in [-0.25, -0.2) is 4.79 Å². The molecular weight excluding hydrogens is 477 g/mol. The Morgan fingerprint density at radius 1 is 1.11 bits per heavy atom. The molecule has 1 heterocycles. The van der Waals surface area contributed by atoms with Crippen LogP contribution in [0, 0.1) is 5.92 Å². The van der Waals surface area contributed by atoms with Crippen LogP contribution in [0.4, 0.5) is 29.3 Å². The first-order valence-electron chi connectivity index (χ1n) is 11.5. The summed E-state index contributed by atoms with van der Waals surface area (Å²) in [5, 5.41) is 8.50. The smallest absolute Gasteiger partial charge is 0.416 e. The Hall–Kier alpha value is -3.31. The van der Waals surface area contributed by atoms with Gasteiger partial charge in [0, 0.05) is 44.7 Å². The van der Waals surface area contributed by atoms with E-state index in [-0.39, 0.29) is 35.2 Å². The summed E-state index contributed by atoms with van der Waals surface area (Å²) in [4.78, 5) is 27.3. The van der Waals surface area contributed by atoms with Crippen LogP contribution in [-0.4, -0.2) is 62.8 Å². The number of carbonyl (C=O) groups is 2. The number of hydrogen-bond donors (Lipinski definition) is 3. The van der Waals surface area contributed by atoms with Gasteiger partial charge in [-0.2, -0.15) is 13.2 Å². The van der Waals surface area contributed by atoms with Crippen LogP contribution in [0.5, 0.6) is 5.75 Å². The minimum Gasteiger partial charge on any atom is -0.491 e. The van der Waals surface area contributed by atoms with E-state index >= 15 is 0 Å². The van der Waals surface area contributed by atoms with Crippen LogP contribution >= 0.6 is 0 Å². The zero-order chi connectivity index (χ0) is 26.5. The highest BCUT2D eigenvalue weighted by molar-refractivity contribution is 6.02. The number of rotatable bonds is 3. The number of amides is 3. The number of carbonyl (C=O) groups excluding carboxylic acids is 2. The fraction of sp³-hybridized carbons (Fsp3) is 0.440. The van der Waals surface area contributed by atoms with Crippen molar-refractivity contribution in [2.75, 3.05) is 44.5 Å². The van der Waals surface area contributed by atoms with Crippen molar-refractivity contribution in [3.8, 4) is 5.75 Å². The topological polar surface area (TPSA) is 91.9 Å². The number of ether oxygens (including phenoxy) is 2. The van der Waals surface area contributed by atoms with E-state index in [9.17, 15) is 22.8 Å². The molecule has 0 unspecified atom stereocenters. The molecule has 2 aromatic rings. The first-order chi connectivity index (χ1) is 17.0. The van der Waals surface area contributed by atoms with Crippen LogP contribution in [0.15, 0.2) is 42.5 Å². The maximum atomic E-state index is 13.3. The normalized spacial score (nSPS) is 21.5. The molecule has 1 aliphatic heterocycles. The minimum absolute atomic E-state index is 0.0253. The van der Waals surface area contributed by atoms with Crippen molar-refractivity contribution >= 4 is 23.3 Å². The van der Waals surface area contributed by atoms with E-state index in [0.29, 0.717) is 31.1 Å². The first kappa shape index (κ1) is 27.3. The van der Waals surface area contributed by atoms with E-state index < -0.39 is 17.8 Å². The Morgan fingerprint density at radius 3 is 2.39 bits per heavy atom. The molecule has 0 radical (unpaired) electrons. The molecule has 2 aromatic carbocycles. The summed E-state index contributed by atoms with van der Waals surface area (Å²) >= 11 is 0. The van der Waals surface area contributed by atoms with Crippen LogP contribution in [0.25, 0.3) is 0 Å². The summed E-state index contributed by atoms with van der Waals surface area (Å²) < 4.78 is 49.8. The Morgan fingerprint density at radius 2 is 1.75 bits per heavy atom. The van der Waals surface area contributed by atoms with Gasteiger partial charge >= 0.3 is 12.2 Å². The second-order valence-corrected chi connectivity index (χ2v) is 8.92. The molecule has 3 rings (SSSR count). The molecule has 3 atom stereocenters. The Labute approximate surface area is 208 Å². The third-order valence-corrected chi connectivity index (χ3v) is 5.95. The van der Waals surface area contributed by atoms with Gasteiger partial charge in [0.1, 0.15) is 12.4 Å². The highest BCUT2D eigenvalue weighted by Crippen LogP contribution is 2.30. The molecule has 0 spiro atoms. The third-order valence-electron chi connectivity index (χ3n) is 5.95. The van der Waals surface area contributed by atoms with Crippen molar-refractivity contribution in [3.05, 3.63) is 53.6 Å². The SMILES string of the molecule is CO[C@H]1CN(C)C(=O)c2cc(NC(=O)Nc3ccc(C(F)(F)F)cc3)ccc2OC[C@@H](C)NC[C@H]1C. The van der Waals surface area contributed by atoms with E-state index in [1.54, 1.807) is 31.2 Å². The number of hydrogen-bond acceptors (Lipinski definition) is 5. The molecule has 11 heteroatoms. The van der Waals surface area contributed by atoms with Crippen molar-refractivity contribution in [1.82, 2.24) is 10.2 Å². The molecule has 0 saturated carbocycles. The molecule has 1 aliphatic rings. The lowest BCUT2D eigenvalue weighted by molar-refractivity contribution is -0.137. The van der Waals surface area contributed by atoms with E-state index in [4.69, 9.17) is 9.47 Å². The van der Waals surface area contributed by atoms with E-state index in [2.05, 4.69) is 16.0 Å². The summed E-state index contributed by atoms with van der Waals surface area (Å²) in [6.07, 6.45) is -4.65. The van der Waals surface area contributed by atoms with Gasteiger partial charge in [0.25, 0.3) is 5.91 Å². The zero-order valence-corrected chi connectivity index (χ0v) is 20.6. The molecule has 0 fully saturated rings. The highest BCUT2D eigenvalue weighted by atomic mass is 19.4. The van der Waals surface area contributed by atoms with E-state index in [1.165, 1.54) is 6.07 Å². The van der Waals surface area contributed by atoms with E-state index in [0.717, 1.165) is 24.3 Å². The first-order valence-corrected chi connectivity index (χ1v) is 11.5. The van der Waals surface area contributed by atoms with Gasteiger partial charge in [-0.15, -0.1) is 0 Å². The summed E-state index contributed by atoms with van der Waals surface area (Å²) in [5.74, 6) is 0.220. The van der Waals surface area contributed by atoms with Crippen LogP contribution in [0.2, 0.25) is 0 Å². The van der Waals surface area contributed by atoms with Gasteiger partial charge in [-0.3, -0.25) is 4.79 Å². The molecule has 3 N–H and O–H groups in total. The molecule has 196 valence electrons. The average Bonchev–Trinajstić information content (AvgIpc) is 2.83. The largest absolute Gasteiger partial charge is 0.491 e. The fourth-order valence-electron chi connectivity index (χ4n) is 3.77. The number of fused-ring (bicyclic) bond motifs is 1. The monoisotopic (exact) mass is 508 g/mol. The van der Waals surface area contributed by atoms with Crippen molar-refractivity contribution in [2.45, 2.75) is 32.2 Å². The number of alkyl halides is 3. The highest BCUT2D eigenvalue weighted by Gasteiger charge is 2.30. The van der Waals surface area contributed by atoms with Crippen LogP contribution in [0.1, 0.15) is 29.8 Å². The second-order valence-electron chi connectivity index (χ2n) is 8.92. The Bertz CT molecular complexity index is 1060. The fourth-order valence-corrected chi connectivity index (χ4v) is 3.77. The van der Waals surface area contributed by atoms with Crippen molar-refractivity contribution < 1.29 is 32.2 Å². The molecule has 36 heavy (non-hydrogen) atoms. The molecule has 0 saturated heterocycles. The molecule has 0 bridgehead atoms. The molecule has 8 nitrogen and oxygen atoms in total. The van der Waals surface area contributed by atoms with Gasteiger partial charge in [-0.05, 0) is 55.3 Å². The lowest BCUT2D eigenvalue weighted by atomic mass is 10.0. The van der Waals surface area contributed by atoms with Crippen LogP contribution in [-0.2, 0) is 10.9 Å². The Balaban J connectivity index is 1.78. The predicted molar refractivity (Wildman–Crippen MR) is 130 cm³/mol. The molecule has 3 amide bonds. The predicted octanol–water partition coefficient (Wildman–Crippen LogP) is 4.44. The number of nitrogens with one attached hydrogen (secondary N) is 3. The standard InChI is InChI=1S/C25H31F3N4O4/c1-15-12-29-16(2)14-36-21-10-9-19(11-20(21)23(33)32(3)13-22(15)35-4)31-24(34)30-18-7-5-17(6-8-18)25(26,27)28/h5-11,15-16,22,29H,12-14H2,1-4H3,(H2,30,31,34)/t15-,16-,22+/m1/s1. The number of urea groups is 1. The summed E-state index contributed by atoms with van der Waals surface area (Å²) in [5.41, 5.74) is -0.0451. The molecular formula is C25H31F3N4O4. The maximum absolute atomic E-state index is 13.3. The average molecular weight is 509 g/mol.